The van der Waals surface area contributed by atoms with Gasteiger partial charge in [0.2, 0.25) is 0 Å². The van der Waals surface area contributed by atoms with Crippen molar-refractivity contribution in [1.29, 1.82) is 0 Å². The van der Waals surface area contributed by atoms with Gasteiger partial charge in [0.15, 0.2) is 0 Å². The predicted octanol–water partition coefficient (Wildman–Crippen LogP) is 4.99. The van der Waals surface area contributed by atoms with Crippen LogP contribution in [0, 0.1) is 5.82 Å². The van der Waals surface area contributed by atoms with E-state index < -0.39 is 23.8 Å². The van der Waals surface area contributed by atoms with Crippen LogP contribution in [0.2, 0.25) is 10.0 Å². The van der Waals surface area contributed by atoms with E-state index in [2.05, 4.69) is 10.6 Å². The van der Waals surface area contributed by atoms with Crippen molar-refractivity contribution in [1.82, 2.24) is 10.6 Å². The maximum atomic E-state index is 14.3. The van der Waals surface area contributed by atoms with E-state index in [-0.39, 0.29) is 16.7 Å². The third-order valence-electron chi connectivity index (χ3n) is 3.94. The van der Waals surface area contributed by atoms with Crippen LogP contribution in [-0.2, 0) is 0 Å². The lowest BCUT2D eigenvalue weighted by molar-refractivity contribution is 0.0882. The minimum Gasteiger partial charge on any atom is -0.328 e. The summed E-state index contributed by atoms with van der Waals surface area (Å²) in [5.74, 6) is -1.59. The normalized spacial score (nSPS) is 10.6. The van der Waals surface area contributed by atoms with Gasteiger partial charge in [-0.3, -0.25) is 9.59 Å². The van der Waals surface area contributed by atoms with Crippen molar-refractivity contribution in [3.8, 4) is 0 Å². The topological polar surface area (TPSA) is 58.2 Å². The molecule has 0 aliphatic rings. The Kier molecular flexibility index (Phi) is 6.29. The Morgan fingerprint density at radius 2 is 1.25 bits per heavy atom. The van der Waals surface area contributed by atoms with E-state index in [1.165, 1.54) is 30.3 Å². The maximum absolute atomic E-state index is 14.3. The highest BCUT2D eigenvalue weighted by molar-refractivity contribution is 6.31. The van der Waals surface area contributed by atoms with E-state index in [4.69, 9.17) is 23.2 Å². The summed E-state index contributed by atoms with van der Waals surface area (Å²) >= 11 is 11.8. The summed E-state index contributed by atoms with van der Waals surface area (Å²) in [6, 6.07) is 18.5. The summed E-state index contributed by atoms with van der Waals surface area (Å²) in [6.45, 7) is 0. The molecule has 0 fully saturated rings. The number of carbonyl (C=O) groups is 2. The summed E-state index contributed by atoms with van der Waals surface area (Å²) in [5.41, 5.74) is 0.685. The van der Waals surface area contributed by atoms with E-state index >= 15 is 0 Å². The number of benzene rings is 3. The molecular weight excluding hydrogens is 402 g/mol. The molecule has 142 valence electrons. The molecule has 0 aliphatic heterocycles. The zero-order valence-electron chi connectivity index (χ0n) is 14.5. The highest BCUT2D eigenvalue weighted by Gasteiger charge is 2.21. The van der Waals surface area contributed by atoms with Gasteiger partial charge in [-0.15, -0.1) is 0 Å². The summed E-state index contributed by atoms with van der Waals surface area (Å²) in [5, 5.41) is 6.04. The fourth-order valence-corrected chi connectivity index (χ4v) is 2.97. The molecule has 2 amide bonds. The van der Waals surface area contributed by atoms with Crippen LogP contribution in [0.5, 0.6) is 0 Å². The third kappa shape index (κ3) is 4.88. The fourth-order valence-electron chi connectivity index (χ4n) is 2.59. The van der Waals surface area contributed by atoms with E-state index in [1.807, 2.05) is 0 Å². The van der Waals surface area contributed by atoms with Crippen LogP contribution in [0.3, 0.4) is 0 Å². The quantitative estimate of drug-likeness (QED) is 0.575. The van der Waals surface area contributed by atoms with Crippen molar-refractivity contribution in [2.75, 3.05) is 0 Å². The third-order valence-corrected chi connectivity index (χ3v) is 4.41. The van der Waals surface area contributed by atoms with Gasteiger partial charge >= 0.3 is 0 Å². The molecule has 7 heteroatoms. The zero-order valence-corrected chi connectivity index (χ0v) is 16.0. The smallest absolute Gasteiger partial charge is 0.253 e. The van der Waals surface area contributed by atoms with Crippen LogP contribution >= 0.6 is 23.2 Å². The van der Waals surface area contributed by atoms with E-state index in [0.29, 0.717) is 10.0 Å². The van der Waals surface area contributed by atoms with Gasteiger partial charge in [0.25, 0.3) is 11.8 Å². The minimum atomic E-state index is -1.10. The van der Waals surface area contributed by atoms with Crippen molar-refractivity contribution in [3.63, 3.8) is 0 Å². The number of nitrogens with one attached hydrogen (secondary N) is 2. The van der Waals surface area contributed by atoms with Crippen LogP contribution in [0.4, 0.5) is 4.39 Å². The lowest BCUT2D eigenvalue weighted by Gasteiger charge is -2.21. The molecule has 0 atom stereocenters. The largest absolute Gasteiger partial charge is 0.328 e. The SMILES string of the molecule is O=C(NC(NC(=O)c1cccc(Cl)c1)c1ccccc1F)c1cccc(Cl)c1. The van der Waals surface area contributed by atoms with Gasteiger partial charge in [-0.05, 0) is 42.5 Å². The van der Waals surface area contributed by atoms with E-state index in [9.17, 15) is 14.0 Å². The van der Waals surface area contributed by atoms with Crippen molar-refractivity contribution >= 4 is 35.0 Å². The Balaban J connectivity index is 1.88. The number of hydrogen-bond donors (Lipinski definition) is 2. The minimum absolute atomic E-state index is 0.119. The molecule has 28 heavy (non-hydrogen) atoms. The molecular formula is C21H15Cl2FN2O2. The monoisotopic (exact) mass is 416 g/mol. The van der Waals surface area contributed by atoms with Crippen LogP contribution < -0.4 is 10.6 Å². The highest BCUT2D eigenvalue weighted by Crippen LogP contribution is 2.18. The Labute approximate surface area is 171 Å². The second-order valence-electron chi connectivity index (χ2n) is 5.92. The summed E-state index contributed by atoms with van der Waals surface area (Å²) < 4.78 is 14.3. The van der Waals surface area contributed by atoms with Gasteiger partial charge in [0.05, 0.1) is 0 Å². The maximum Gasteiger partial charge on any atom is 0.253 e. The number of rotatable bonds is 5. The molecule has 0 bridgehead atoms. The zero-order chi connectivity index (χ0) is 20.1. The lowest BCUT2D eigenvalue weighted by Crippen LogP contribution is -2.41. The number of amides is 2. The molecule has 0 spiro atoms. The first-order valence-electron chi connectivity index (χ1n) is 8.31. The van der Waals surface area contributed by atoms with Crippen molar-refractivity contribution in [3.05, 3.63) is 105 Å². The van der Waals surface area contributed by atoms with E-state index in [0.717, 1.165) is 0 Å². The molecule has 0 aliphatic carbocycles. The molecule has 0 aromatic heterocycles. The molecule has 3 aromatic rings. The first-order chi connectivity index (χ1) is 13.4. The lowest BCUT2D eigenvalue weighted by atomic mass is 10.1. The van der Waals surface area contributed by atoms with Crippen molar-refractivity contribution < 1.29 is 14.0 Å². The Hall–Kier alpha value is -2.89. The summed E-state index contributed by atoms with van der Waals surface area (Å²) in [6.07, 6.45) is -1.10. The van der Waals surface area contributed by atoms with Gasteiger partial charge in [-0.2, -0.15) is 0 Å². The second-order valence-corrected chi connectivity index (χ2v) is 6.80. The molecule has 4 nitrogen and oxygen atoms in total. The molecule has 0 saturated heterocycles. The first kappa shape index (κ1) is 19.9. The Bertz CT molecular complexity index is 967. The number of halogens is 3. The van der Waals surface area contributed by atoms with Crippen LogP contribution in [0.1, 0.15) is 32.4 Å². The van der Waals surface area contributed by atoms with Gasteiger partial charge in [0.1, 0.15) is 12.0 Å². The second kappa shape index (κ2) is 8.87. The molecule has 3 aromatic carbocycles. The molecule has 0 unspecified atom stereocenters. The van der Waals surface area contributed by atoms with Crippen molar-refractivity contribution in [2.24, 2.45) is 0 Å². The number of hydrogen-bond acceptors (Lipinski definition) is 2. The van der Waals surface area contributed by atoms with Gasteiger partial charge in [-0.25, -0.2) is 4.39 Å². The van der Waals surface area contributed by atoms with Gasteiger partial charge in [-0.1, -0.05) is 53.5 Å². The van der Waals surface area contributed by atoms with Crippen LogP contribution in [-0.4, -0.2) is 11.8 Å². The Morgan fingerprint density at radius 1 is 0.750 bits per heavy atom. The molecule has 2 N–H and O–H groups in total. The van der Waals surface area contributed by atoms with Gasteiger partial charge < -0.3 is 10.6 Å². The number of carbonyl (C=O) groups excluding carboxylic acids is 2. The highest BCUT2D eigenvalue weighted by atomic mass is 35.5. The average Bonchev–Trinajstić information content (AvgIpc) is 2.68. The standard InChI is InChI=1S/C21H15Cl2FN2O2/c22-15-7-3-5-13(11-15)20(27)25-19(17-9-1-2-10-18(17)24)26-21(28)14-6-4-8-16(23)12-14/h1-12,19H,(H,25,27)(H,26,28). The summed E-state index contributed by atoms with van der Waals surface area (Å²) in [4.78, 5) is 25.2. The molecule has 3 rings (SSSR count). The van der Waals surface area contributed by atoms with E-state index in [1.54, 1.807) is 42.5 Å². The Morgan fingerprint density at radius 3 is 1.71 bits per heavy atom. The molecule has 0 heterocycles. The van der Waals surface area contributed by atoms with Gasteiger partial charge in [0, 0.05) is 26.7 Å². The van der Waals surface area contributed by atoms with Crippen LogP contribution in [0.25, 0.3) is 0 Å². The van der Waals surface area contributed by atoms with Crippen LogP contribution in [0.15, 0.2) is 72.8 Å². The molecule has 0 saturated carbocycles. The first-order valence-corrected chi connectivity index (χ1v) is 9.07. The van der Waals surface area contributed by atoms with Crippen molar-refractivity contribution in [2.45, 2.75) is 6.17 Å². The molecule has 0 radical (unpaired) electrons. The fraction of sp³-hybridized carbons (Fsp3) is 0.0476. The summed E-state index contributed by atoms with van der Waals surface area (Å²) in [7, 11) is 0. The average molecular weight is 417 g/mol. The predicted molar refractivity (Wildman–Crippen MR) is 107 cm³/mol.